The number of hydrogen-bond donors (Lipinski definition) is 1. The summed E-state index contributed by atoms with van der Waals surface area (Å²) in [5, 5.41) is 21.1. The highest BCUT2D eigenvalue weighted by Gasteiger charge is 2.21. The molecule has 3 aromatic rings. The fourth-order valence-electron chi connectivity index (χ4n) is 2.42. The molecule has 7 nitrogen and oxygen atoms in total. The molecule has 26 heavy (non-hydrogen) atoms. The Hall–Kier alpha value is -3.15. The molecule has 0 bridgehead atoms. The van der Waals surface area contributed by atoms with E-state index in [-0.39, 0.29) is 10.6 Å². The first-order chi connectivity index (χ1) is 12.3. The Kier molecular flexibility index (Phi) is 4.50. The van der Waals surface area contributed by atoms with Crippen molar-refractivity contribution in [2.75, 3.05) is 0 Å². The maximum Gasteiger partial charge on any atom is 0.270 e. The van der Waals surface area contributed by atoms with Crippen LogP contribution in [0.3, 0.4) is 0 Å². The normalized spacial score (nSPS) is 12.1. The van der Waals surface area contributed by atoms with Crippen molar-refractivity contribution in [3.05, 3.63) is 74.3 Å². The van der Waals surface area contributed by atoms with Crippen LogP contribution < -0.4 is 0 Å². The molecule has 130 valence electrons. The summed E-state index contributed by atoms with van der Waals surface area (Å²) in [5.74, 6) is 0. The van der Waals surface area contributed by atoms with Crippen molar-refractivity contribution >= 4 is 44.1 Å². The van der Waals surface area contributed by atoms with Crippen LogP contribution in [0.5, 0.6) is 0 Å². The summed E-state index contributed by atoms with van der Waals surface area (Å²) < 4.78 is 25.3. The van der Waals surface area contributed by atoms with Crippen molar-refractivity contribution < 1.29 is 13.3 Å². The zero-order chi connectivity index (χ0) is 18.9. The average Bonchev–Trinajstić information content (AvgIpc) is 3.01. The van der Waals surface area contributed by atoms with E-state index in [4.69, 9.17) is 11.6 Å². The standard InChI is InChI=1S/C17H10ClN3O4S/c18-12-1-4-14(5-2-12)26(24,25)15(9-19)7-11-10-20-17-6-3-13(21(22)23)8-16(11)17/h1-8,10,20H/b15-7+. The molecular weight excluding hydrogens is 378 g/mol. The number of nitro benzene ring substituents is 1. The molecule has 1 heterocycles. The number of aromatic amines is 1. The second kappa shape index (κ2) is 6.63. The van der Waals surface area contributed by atoms with Crippen molar-refractivity contribution in [2.24, 2.45) is 0 Å². The van der Waals surface area contributed by atoms with Gasteiger partial charge < -0.3 is 4.98 Å². The summed E-state index contributed by atoms with van der Waals surface area (Å²) in [6.07, 6.45) is 2.68. The lowest BCUT2D eigenvalue weighted by atomic mass is 10.1. The molecule has 0 saturated heterocycles. The molecule has 1 aromatic heterocycles. The maximum absolute atomic E-state index is 12.7. The molecule has 0 aliphatic rings. The van der Waals surface area contributed by atoms with Crippen molar-refractivity contribution in [3.8, 4) is 6.07 Å². The molecule has 2 aromatic carbocycles. The van der Waals surface area contributed by atoms with Crippen molar-refractivity contribution in [2.45, 2.75) is 4.90 Å². The lowest BCUT2D eigenvalue weighted by Gasteiger charge is -2.03. The lowest BCUT2D eigenvalue weighted by molar-refractivity contribution is -0.384. The van der Waals surface area contributed by atoms with Gasteiger partial charge in [0, 0.05) is 39.8 Å². The SMILES string of the molecule is N#C/C(=C\c1c[nH]c2ccc([N+](=O)[O-])cc12)S(=O)(=O)c1ccc(Cl)cc1. The maximum atomic E-state index is 12.7. The number of benzene rings is 2. The van der Waals surface area contributed by atoms with E-state index in [1.165, 1.54) is 54.7 Å². The minimum absolute atomic E-state index is 0.0690. The number of nitrogens with zero attached hydrogens (tertiary/aromatic N) is 2. The van der Waals surface area contributed by atoms with Crippen LogP contribution in [0, 0.1) is 21.4 Å². The first-order valence-electron chi connectivity index (χ1n) is 7.21. The minimum Gasteiger partial charge on any atom is -0.361 e. The Bertz CT molecular complexity index is 1190. The number of sulfone groups is 1. The number of rotatable bonds is 4. The first kappa shape index (κ1) is 17.7. The summed E-state index contributed by atoms with van der Waals surface area (Å²) in [4.78, 5) is 12.7. The van der Waals surface area contributed by atoms with Crippen LogP contribution in [0.25, 0.3) is 17.0 Å². The van der Waals surface area contributed by atoms with Crippen LogP contribution in [0.2, 0.25) is 5.02 Å². The summed E-state index contributed by atoms with van der Waals surface area (Å²) in [5.41, 5.74) is 0.812. The molecular formula is C17H10ClN3O4S. The van der Waals surface area contributed by atoms with E-state index >= 15 is 0 Å². The minimum atomic E-state index is -4.05. The second-order valence-corrected chi connectivity index (χ2v) is 7.66. The number of fused-ring (bicyclic) bond motifs is 1. The summed E-state index contributed by atoms with van der Waals surface area (Å²) >= 11 is 5.76. The van der Waals surface area contributed by atoms with Crippen LogP contribution in [0.4, 0.5) is 5.69 Å². The van der Waals surface area contributed by atoms with Gasteiger partial charge in [-0.2, -0.15) is 5.26 Å². The zero-order valence-corrected chi connectivity index (χ0v) is 14.6. The Morgan fingerprint density at radius 1 is 1.23 bits per heavy atom. The lowest BCUT2D eigenvalue weighted by Crippen LogP contribution is -2.03. The predicted molar refractivity (Wildman–Crippen MR) is 97.2 cm³/mol. The van der Waals surface area contributed by atoms with Gasteiger partial charge in [-0.3, -0.25) is 10.1 Å². The van der Waals surface area contributed by atoms with Gasteiger partial charge in [0.15, 0.2) is 0 Å². The highest BCUT2D eigenvalue weighted by atomic mass is 35.5. The predicted octanol–water partition coefficient (Wildman–Crippen LogP) is 4.07. The Balaban J connectivity index is 2.14. The van der Waals surface area contributed by atoms with Crippen LogP contribution in [0.15, 0.2) is 58.5 Å². The molecule has 0 fully saturated rings. The smallest absolute Gasteiger partial charge is 0.270 e. The van der Waals surface area contributed by atoms with E-state index in [0.29, 0.717) is 21.5 Å². The summed E-state index contributed by atoms with van der Waals surface area (Å²) in [6, 6.07) is 11.3. The molecule has 0 amide bonds. The first-order valence-corrected chi connectivity index (χ1v) is 9.07. The molecule has 0 unspecified atom stereocenters. The zero-order valence-electron chi connectivity index (χ0n) is 13.0. The van der Waals surface area contributed by atoms with Crippen molar-refractivity contribution in [1.82, 2.24) is 4.98 Å². The van der Waals surface area contributed by atoms with Crippen molar-refractivity contribution in [3.63, 3.8) is 0 Å². The quantitative estimate of drug-likeness (QED) is 0.411. The van der Waals surface area contributed by atoms with Crippen LogP contribution >= 0.6 is 11.6 Å². The molecule has 0 aliphatic carbocycles. The number of halogens is 1. The number of nitro groups is 1. The van der Waals surface area contributed by atoms with Crippen molar-refractivity contribution in [1.29, 1.82) is 5.26 Å². The summed E-state index contributed by atoms with van der Waals surface area (Å²) in [6.45, 7) is 0. The van der Waals surface area contributed by atoms with E-state index < -0.39 is 19.7 Å². The monoisotopic (exact) mass is 387 g/mol. The van der Waals surface area contributed by atoms with Crippen LogP contribution in [-0.2, 0) is 9.84 Å². The van der Waals surface area contributed by atoms with Gasteiger partial charge in [0.1, 0.15) is 11.0 Å². The fraction of sp³-hybridized carbons (Fsp3) is 0. The Morgan fingerprint density at radius 2 is 1.92 bits per heavy atom. The fourth-order valence-corrected chi connectivity index (χ4v) is 3.69. The van der Waals surface area contributed by atoms with Gasteiger partial charge >= 0.3 is 0 Å². The van der Waals surface area contributed by atoms with Gasteiger partial charge in [0.25, 0.3) is 5.69 Å². The van der Waals surface area contributed by atoms with E-state index in [1.807, 2.05) is 0 Å². The Morgan fingerprint density at radius 3 is 2.54 bits per heavy atom. The van der Waals surface area contributed by atoms with Crippen LogP contribution in [0.1, 0.15) is 5.56 Å². The molecule has 0 aliphatic heterocycles. The molecule has 9 heteroatoms. The number of allylic oxidation sites excluding steroid dienone is 1. The molecule has 0 saturated carbocycles. The van der Waals surface area contributed by atoms with Gasteiger partial charge in [-0.05, 0) is 36.4 Å². The van der Waals surface area contributed by atoms with E-state index in [2.05, 4.69) is 4.98 Å². The largest absolute Gasteiger partial charge is 0.361 e. The van der Waals surface area contributed by atoms with E-state index in [9.17, 15) is 23.8 Å². The highest BCUT2D eigenvalue weighted by Crippen LogP contribution is 2.28. The van der Waals surface area contributed by atoms with E-state index in [0.717, 1.165) is 0 Å². The number of hydrogen-bond acceptors (Lipinski definition) is 5. The van der Waals surface area contributed by atoms with E-state index in [1.54, 1.807) is 6.07 Å². The molecule has 0 spiro atoms. The summed E-state index contributed by atoms with van der Waals surface area (Å²) in [7, 11) is -4.05. The third kappa shape index (κ3) is 3.18. The highest BCUT2D eigenvalue weighted by molar-refractivity contribution is 7.95. The van der Waals surface area contributed by atoms with Gasteiger partial charge in [0.05, 0.1) is 9.82 Å². The number of nitriles is 1. The third-order valence-corrected chi connectivity index (χ3v) is 5.65. The third-order valence-electron chi connectivity index (χ3n) is 3.72. The average molecular weight is 388 g/mol. The van der Waals surface area contributed by atoms with Gasteiger partial charge in [-0.25, -0.2) is 8.42 Å². The Labute approximate surface area is 153 Å². The molecule has 0 radical (unpaired) electrons. The van der Waals surface area contributed by atoms with Gasteiger partial charge in [-0.1, -0.05) is 11.6 Å². The van der Waals surface area contributed by atoms with Crippen LogP contribution in [-0.4, -0.2) is 18.3 Å². The molecule has 3 rings (SSSR count). The molecule has 0 atom stereocenters. The second-order valence-electron chi connectivity index (χ2n) is 5.31. The van der Waals surface area contributed by atoms with Gasteiger partial charge in [-0.15, -0.1) is 0 Å². The van der Waals surface area contributed by atoms with Gasteiger partial charge in [0.2, 0.25) is 9.84 Å². The topological polar surface area (TPSA) is 117 Å². The number of nitrogens with one attached hydrogen (secondary N) is 1. The number of aromatic nitrogens is 1. The number of H-pyrrole nitrogens is 1. The molecule has 1 N–H and O–H groups in total. The number of non-ortho nitro benzene ring substituents is 1.